The SMILES string of the molecule is COC(=O)N[C@H]1CCN([C@@H]2CCc3cc(NC(=O)[C@@H](NC(=O)c4ccnn4C(C)C)C(C4CC4)C4CC4)ccc32)C1=O. The molecule has 2 saturated carbocycles. The van der Waals surface area contributed by atoms with Crippen molar-refractivity contribution in [1.29, 1.82) is 0 Å². The zero-order valence-electron chi connectivity index (χ0n) is 24.5. The first-order valence-corrected chi connectivity index (χ1v) is 15.2. The molecule has 3 atom stereocenters. The molecule has 2 aromatic rings. The number of hydrogen-bond donors (Lipinski definition) is 3. The Kier molecular flexibility index (Phi) is 7.67. The molecule has 3 N–H and O–H groups in total. The fraction of sp³-hybridized carbons (Fsp3) is 0.581. The van der Waals surface area contributed by atoms with Gasteiger partial charge in [-0.2, -0.15) is 5.10 Å². The van der Waals surface area contributed by atoms with Crippen LogP contribution < -0.4 is 16.0 Å². The summed E-state index contributed by atoms with van der Waals surface area (Å²) in [4.78, 5) is 53.8. The van der Waals surface area contributed by atoms with E-state index in [1.165, 1.54) is 7.11 Å². The minimum Gasteiger partial charge on any atom is -0.453 e. The molecule has 3 fully saturated rings. The first kappa shape index (κ1) is 28.2. The Morgan fingerprint density at radius 2 is 1.76 bits per heavy atom. The molecule has 0 unspecified atom stereocenters. The first-order chi connectivity index (χ1) is 20.2. The van der Waals surface area contributed by atoms with Gasteiger partial charge in [-0.1, -0.05) is 6.07 Å². The fourth-order valence-electron chi connectivity index (χ4n) is 6.91. The monoisotopic (exact) mass is 576 g/mol. The van der Waals surface area contributed by atoms with E-state index in [1.54, 1.807) is 16.9 Å². The van der Waals surface area contributed by atoms with Crippen LogP contribution in [0.2, 0.25) is 0 Å². The molecule has 11 heteroatoms. The number of carbonyl (C=O) groups excluding carboxylic acids is 4. The highest BCUT2D eigenvalue weighted by atomic mass is 16.5. The fourth-order valence-corrected chi connectivity index (χ4v) is 6.91. The van der Waals surface area contributed by atoms with E-state index in [2.05, 4.69) is 25.8 Å². The number of nitrogens with one attached hydrogen (secondary N) is 3. The minimum atomic E-state index is -0.629. The van der Waals surface area contributed by atoms with Gasteiger partial charge in [-0.25, -0.2) is 4.79 Å². The number of likely N-dealkylation sites (tertiary alicyclic amines) is 1. The van der Waals surface area contributed by atoms with Gasteiger partial charge in [0.05, 0.1) is 13.2 Å². The van der Waals surface area contributed by atoms with E-state index in [-0.39, 0.29) is 35.7 Å². The van der Waals surface area contributed by atoms with Gasteiger partial charge < -0.3 is 25.6 Å². The molecular formula is C31H40N6O5. The Labute approximate surface area is 245 Å². The number of rotatable bonds is 10. The Hall–Kier alpha value is -3.89. The number of amides is 4. The number of alkyl carbamates (subject to hydrolysis) is 1. The van der Waals surface area contributed by atoms with Crippen LogP contribution in [-0.4, -0.2) is 64.2 Å². The minimum absolute atomic E-state index is 0.0248. The third-order valence-corrected chi connectivity index (χ3v) is 9.23. The number of nitrogens with zero attached hydrogens (tertiary/aromatic N) is 3. The van der Waals surface area contributed by atoms with Crippen molar-refractivity contribution in [3.8, 4) is 0 Å². The van der Waals surface area contributed by atoms with Gasteiger partial charge in [-0.3, -0.25) is 19.1 Å². The second kappa shape index (κ2) is 11.4. The Balaban J connectivity index is 1.17. The average molecular weight is 577 g/mol. The van der Waals surface area contributed by atoms with E-state index in [9.17, 15) is 19.2 Å². The van der Waals surface area contributed by atoms with Crippen LogP contribution in [0.4, 0.5) is 10.5 Å². The van der Waals surface area contributed by atoms with E-state index < -0.39 is 18.2 Å². The highest BCUT2D eigenvalue weighted by Crippen LogP contribution is 2.51. The van der Waals surface area contributed by atoms with Crippen molar-refractivity contribution < 1.29 is 23.9 Å². The van der Waals surface area contributed by atoms with Gasteiger partial charge in [0.1, 0.15) is 17.8 Å². The molecule has 224 valence electrons. The van der Waals surface area contributed by atoms with Crippen LogP contribution in [0.25, 0.3) is 0 Å². The van der Waals surface area contributed by atoms with Crippen molar-refractivity contribution in [2.24, 2.45) is 17.8 Å². The summed E-state index contributed by atoms with van der Waals surface area (Å²) in [5, 5.41) is 13.1. The number of carbonyl (C=O) groups is 4. The van der Waals surface area contributed by atoms with Crippen LogP contribution in [0.1, 0.15) is 86.1 Å². The summed E-state index contributed by atoms with van der Waals surface area (Å²) in [6, 6.07) is 6.33. The van der Waals surface area contributed by atoms with E-state index in [0.29, 0.717) is 36.2 Å². The lowest BCUT2D eigenvalue weighted by Gasteiger charge is -2.28. The predicted molar refractivity (Wildman–Crippen MR) is 155 cm³/mol. The van der Waals surface area contributed by atoms with Crippen LogP contribution in [0.3, 0.4) is 0 Å². The number of aromatic nitrogens is 2. The number of ether oxygens (including phenoxy) is 1. The van der Waals surface area contributed by atoms with Crippen LogP contribution in [0.15, 0.2) is 30.5 Å². The summed E-state index contributed by atoms with van der Waals surface area (Å²) in [5.74, 6) is 0.471. The van der Waals surface area contributed by atoms with Crippen LogP contribution in [0.5, 0.6) is 0 Å². The number of benzene rings is 1. The van der Waals surface area contributed by atoms with Crippen molar-refractivity contribution >= 4 is 29.5 Å². The third-order valence-electron chi connectivity index (χ3n) is 9.23. The number of fused-ring (bicyclic) bond motifs is 1. The Morgan fingerprint density at radius 1 is 1.02 bits per heavy atom. The van der Waals surface area contributed by atoms with Gasteiger partial charge in [0.15, 0.2) is 0 Å². The normalized spacial score (nSPS) is 22.3. The molecule has 11 nitrogen and oxygen atoms in total. The van der Waals surface area contributed by atoms with Crippen LogP contribution in [0, 0.1) is 17.8 Å². The molecular weight excluding hydrogens is 536 g/mol. The standard InChI is InChI=1S/C31H40N6O5/c1-17(2)37-25(12-14-32-37)28(38)35-27(26(18-4-5-18)19-6-7-19)29(39)33-21-9-10-22-20(16-21)8-11-24(22)36-15-13-23(30(36)40)34-31(41)42-3/h9-10,12,14,16-19,23-24,26-27H,4-8,11,13,15H2,1-3H3,(H,33,39)(H,34,41)(H,35,38)/t23-,24+,27-/m0/s1. The highest BCUT2D eigenvalue weighted by molar-refractivity contribution is 6.01. The predicted octanol–water partition coefficient (Wildman–Crippen LogP) is 3.58. The molecule has 6 rings (SSSR count). The van der Waals surface area contributed by atoms with Gasteiger partial charge in [0, 0.05) is 24.5 Å². The molecule has 2 heterocycles. The second-order valence-electron chi connectivity index (χ2n) is 12.4. The second-order valence-corrected chi connectivity index (χ2v) is 12.4. The number of aryl methyl sites for hydroxylation is 1. The maximum Gasteiger partial charge on any atom is 0.407 e. The molecule has 4 aliphatic rings. The summed E-state index contributed by atoms with van der Waals surface area (Å²) in [6.07, 6.45) is 7.51. The molecule has 42 heavy (non-hydrogen) atoms. The van der Waals surface area contributed by atoms with E-state index >= 15 is 0 Å². The third kappa shape index (κ3) is 5.61. The lowest BCUT2D eigenvalue weighted by Crippen LogP contribution is -2.50. The van der Waals surface area contributed by atoms with Gasteiger partial charge in [0.2, 0.25) is 11.8 Å². The smallest absolute Gasteiger partial charge is 0.407 e. The van der Waals surface area contributed by atoms with E-state index in [0.717, 1.165) is 49.7 Å². The molecule has 0 bridgehead atoms. The number of anilines is 1. The maximum absolute atomic E-state index is 13.9. The topological polar surface area (TPSA) is 135 Å². The molecule has 0 radical (unpaired) electrons. The lowest BCUT2D eigenvalue weighted by molar-refractivity contribution is -0.131. The quantitative estimate of drug-likeness (QED) is 0.396. The van der Waals surface area contributed by atoms with Crippen molar-refractivity contribution in [3.63, 3.8) is 0 Å². The van der Waals surface area contributed by atoms with Crippen molar-refractivity contribution in [1.82, 2.24) is 25.3 Å². The molecule has 1 aromatic carbocycles. The summed E-state index contributed by atoms with van der Waals surface area (Å²) >= 11 is 0. The van der Waals surface area contributed by atoms with Crippen LogP contribution in [-0.2, 0) is 20.7 Å². The largest absolute Gasteiger partial charge is 0.453 e. The van der Waals surface area contributed by atoms with E-state index in [4.69, 9.17) is 0 Å². The lowest BCUT2D eigenvalue weighted by atomic mass is 9.88. The summed E-state index contributed by atoms with van der Waals surface area (Å²) in [6.45, 7) is 4.51. The van der Waals surface area contributed by atoms with Gasteiger partial charge in [0.25, 0.3) is 5.91 Å². The number of hydrogen-bond acceptors (Lipinski definition) is 6. The highest BCUT2D eigenvalue weighted by Gasteiger charge is 2.48. The zero-order chi connectivity index (χ0) is 29.5. The van der Waals surface area contributed by atoms with Gasteiger partial charge in [-0.05, 0) is 106 Å². The van der Waals surface area contributed by atoms with Crippen molar-refractivity contribution in [3.05, 3.63) is 47.3 Å². The Morgan fingerprint density at radius 3 is 2.43 bits per heavy atom. The summed E-state index contributed by atoms with van der Waals surface area (Å²) < 4.78 is 6.34. The molecule has 3 aliphatic carbocycles. The first-order valence-electron chi connectivity index (χ1n) is 15.2. The number of methoxy groups -OCH3 is 1. The average Bonchev–Trinajstić information content (AvgIpc) is 3.87. The van der Waals surface area contributed by atoms with Crippen LogP contribution >= 0.6 is 0 Å². The molecule has 1 aliphatic heterocycles. The van der Waals surface area contributed by atoms with E-state index in [1.807, 2.05) is 36.9 Å². The van der Waals surface area contributed by atoms with Crippen molar-refractivity contribution in [2.75, 3.05) is 19.0 Å². The zero-order valence-corrected chi connectivity index (χ0v) is 24.5. The molecule has 0 spiro atoms. The summed E-state index contributed by atoms with van der Waals surface area (Å²) in [5.41, 5.74) is 3.31. The summed E-state index contributed by atoms with van der Waals surface area (Å²) in [7, 11) is 1.28. The molecule has 4 amide bonds. The van der Waals surface area contributed by atoms with Gasteiger partial charge in [-0.15, -0.1) is 0 Å². The Bertz CT molecular complexity index is 1370. The molecule has 1 aromatic heterocycles. The van der Waals surface area contributed by atoms with Crippen molar-refractivity contribution in [2.45, 2.75) is 83.0 Å². The maximum atomic E-state index is 13.9. The molecule has 1 saturated heterocycles. The van der Waals surface area contributed by atoms with Gasteiger partial charge >= 0.3 is 6.09 Å².